The normalized spacial score (nSPS) is 14.1. The number of rotatable bonds is 6. The van der Waals surface area contributed by atoms with Crippen LogP contribution in [0.25, 0.3) is 45.6 Å². The maximum atomic E-state index is 2.52. The first-order chi connectivity index (χ1) is 25.3. The van der Waals surface area contributed by atoms with E-state index >= 15 is 0 Å². The van der Waals surface area contributed by atoms with Crippen LogP contribution in [0, 0.1) is 0 Å². The van der Waals surface area contributed by atoms with E-state index in [2.05, 4.69) is 210 Å². The van der Waals surface area contributed by atoms with Crippen molar-refractivity contribution in [1.82, 2.24) is 0 Å². The van der Waals surface area contributed by atoms with Crippen LogP contribution in [0.3, 0.4) is 0 Å². The first kappa shape index (κ1) is 32.0. The maximum absolute atomic E-state index is 2.52. The summed E-state index contributed by atoms with van der Waals surface area (Å²) in [4.78, 5) is 0. The van der Waals surface area contributed by atoms with Gasteiger partial charge in [0.05, 0.1) is 0 Å². The Morgan fingerprint density at radius 3 is 0.923 bits per heavy atom. The highest BCUT2D eigenvalue weighted by Gasteiger charge is 2.41. The lowest BCUT2D eigenvalue weighted by Crippen LogP contribution is -2.17. The lowest BCUT2D eigenvalue weighted by Gasteiger charge is -2.24. The molecule has 0 amide bonds. The molecule has 0 fully saturated rings. The third kappa shape index (κ3) is 5.30. The molecule has 0 radical (unpaired) electrons. The molecule has 0 saturated carbocycles. The summed E-state index contributed by atoms with van der Waals surface area (Å²) < 4.78 is 0. The van der Waals surface area contributed by atoms with Gasteiger partial charge in [0, 0.05) is 10.8 Å². The number of benzene rings is 7. The van der Waals surface area contributed by atoms with E-state index in [9.17, 15) is 0 Å². The monoisotopic (exact) mass is 666 g/mol. The van der Waals surface area contributed by atoms with Crippen LogP contribution in [0.4, 0.5) is 0 Å². The molecular formula is C52H42. The second kappa shape index (κ2) is 12.4. The Morgan fingerprint density at radius 1 is 0.327 bits per heavy atom. The van der Waals surface area contributed by atoms with Gasteiger partial charge in [0.15, 0.2) is 0 Å². The zero-order chi connectivity index (χ0) is 35.5. The van der Waals surface area contributed by atoms with Crippen molar-refractivity contribution in [2.45, 2.75) is 38.5 Å². The van der Waals surface area contributed by atoms with Gasteiger partial charge in [-0.05, 0) is 113 Å². The lowest BCUT2D eigenvalue weighted by atomic mass is 9.79. The molecule has 7 aromatic rings. The van der Waals surface area contributed by atoms with Gasteiger partial charge in [-0.1, -0.05) is 185 Å². The molecule has 2 aliphatic rings. The van der Waals surface area contributed by atoms with Crippen molar-refractivity contribution in [3.63, 3.8) is 0 Å². The molecule has 0 aromatic heterocycles. The van der Waals surface area contributed by atoms with E-state index in [1.165, 1.54) is 89.0 Å². The Labute approximate surface area is 308 Å². The molecule has 0 heterocycles. The van der Waals surface area contributed by atoms with Crippen molar-refractivity contribution in [2.24, 2.45) is 0 Å². The van der Waals surface area contributed by atoms with Crippen LogP contribution in [-0.2, 0) is 10.8 Å². The van der Waals surface area contributed by atoms with Crippen molar-refractivity contribution >= 4 is 23.3 Å². The lowest BCUT2D eigenvalue weighted by molar-refractivity contribution is 0.652. The molecule has 250 valence electrons. The van der Waals surface area contributed by atoms with Crippen LogP contribution < -0.4 is 0 Å². The second-order valence-electron chi connectivity index (χ2n) is 15.4. The fraction of sp³-hybridized carbons (Fsp3) is 0.115. The Morgan fingerprint density at radius 2 is 0.615 bits per heavy atom. The minimum atomic E-state index is -0.126. The van der Waals surface area contributed by atoms with E-state index in [-0.39, 0.29) is 10.8 Å². The highest BCUT2D eigenvalue weighted by Crippen LogP contribution is 2.56. The molecule has 0 bridgehead atoms. The Hall–Kier alpha value is -5.98. The molecule has 0 aliphatic heterocycles. The molecule has 0 N–H and O–H groups in total. The molecule has 9 rings (SSSR count). The quantitative estimate of drug-likeness (QED) is 0.155. The van der Waals surface area contributed by atoms with Crippen LogP contribution in [0.15, 0.2) is 170 Å². The Bertz CT molecular complexity index is 2250. The topological polar surface area (TPSA) is 0 Å². The molecule has 0 spiro atoms. The summed E-state index contributed by atoms with van der Waals surface area (Å²) in [6.07, 6.45) is 4.72. The van der Waals surface area contributed by atoms with Crippen LogP contribution in [0.1, 0.15) is 83.3 Å². The summed E-state index contributed by atoms with van der Waals surface area (Å²) in [5, 5.41) is 0. The number of hydrogen-bond donors (Lipinski definition) is 0. The first-order valence-corrected chi connectivity index (χ1v) is 18.4. The van der Waals surface area contributed by atoms with E-state index in [0.29, 0.717) is 0 Å². The fourth-order valence-corrected chi connectivity index (χ4v) is 8.65. The van der Waals surface area contributed by atoms with Crippen molar-refractivity contribution < 1.29 is 0 Å². The molecule has 0 atom stereocenters. The first-order valence-electron chi connectivity index (χ1n) is 18.4. The summed E-state index contributed by atoms with van der Waals surface area (Å²) in [7, 11) is 0. The van der Waals surface area contributed by atoms with Gasteiger partial charge in [-0.2, -0.15) is 0 Å². The largest absolute Gasteiger partial charge is 0.0622 e. The van der Waals surface area contributed by atoms with Crippen LogP contribution in [-0.4, -0.2) is 0 Å². The third-order valence-corrected chi connectivity index (χ3v) is 11.5. The van der Waals surface area contributed by atoms with E-state index < -0.39 is 0 Å². The van der Waals surface area contributed by atoms with E-state index in [0.717, 1.165) is 0 Å². The van der Waals surface area contributed by atoms with Crippen LogP contribution in [0.5, 0.6) is 0 Å². The molecule has 7 aromatic carbocycles. The SMILES string of the molecule is CC1(C)c2cc(C=C(c3ccccc3)c3ccccc3)ccc2-c2cc3c(cc21)-c1ccc(C=C(c2ccccc2)c2ccccc2)cc1C3(C)C. The summed E-state index contributed by atoms with van der Waals surface area (Å²) in [6, 6.07) is 62.2. The molecular weight excluding hydrogens is 625 g/mol. The predicted octanol–water partition coefficient (Wildman–Crippen LogP) is 13.5. The minimum absolute atomic E-state index is 0.126. The van der Waals surface area contributed by atoms with Crippen molar-refractivity contribution in [1.29, 1.82) is 0 Å². The summed E-state index contributed by atoms with van der Waals surface area (Å²) in [6.45, 7) is 9.60. The molecule has 0 heteroatoms. The summed E-state index contributed by atoms with van der Waals surface area (Å²) in [5.41, 5.74) is 20.7. The highest BCUT2D eigenvalue weighted by molar-refractivity contribution is 5.95. The Kier molecular flexibility index (Phi) is 7.60. The van der Waals surface area contributed by atoms with E-state index in [1.807, 2.05) is 0 Å². The molecule has 2 aliphatic carbocycles. The summed E-state index contributed by atoms with van der Waals surface area (Å²) in [5.74, 6) is 0. The fourth-order valence-electron chi connectivity index (χ4n) is 8.65. The van der Waals surface area contributed by atoms with Gasteiger partial charge in [0.1, 0.15) is 0 Å². The molecule has 52 heavy (non-hydrogen) atoms. The standard InChI is InChI=1S/C52H42/c1-51(2)47-31-35(29-43(37-17-9-5-10-18-37)38-19-11-6-12-20-38)25-27-41(47)45-34-50-46(33-49(45)51)42-28-26-36(32-48(42)52(50,3)4)30-44(39-21-13-7-14-22-39)40-23-15-8-16-24-40/h5-34H,1-4H3. The van der Waals surface area contributed by atoms with Gasteiger partial charge in [-0.3, -0.25) is 0 Å². The van der Waals surface area contributed by atoms with Crippen LogP contribution in [0.2, 0.25) is 0 Å². The number of hydrogen-bond acceptors (Lipinski definition) is 0. The summed E-state index contributed by atoms with van der Waals surface area (Å²) >= 11 is 0. The average molecular weight is 667 g/mol. The van der Waals surface area contributed by atoms with Gasteiger partial charge in [-0.25, -0.2) is 0 Å². The van der Waals surface area contributed by atoms with E-state index in [4.69, 9.17) is 0 Å². The van der Waals surface area contributed by atoms with Crippen LogP contribution >= 0.6 is 0 Å². The average Bonchev–Trinajstić information content (AvgIpc) is 3.54. The number of fused-ring (bicyclic) bond motifs is 6. The third-order valence-electron chi connectivity index (χ3n) is 11.5. The van der Waals surface area contributed by atoms with Crippen molar-refractivity contribution in [3.8, 4) is 22.3 Å². The second-order valence-corrected chi connectivity index (χ2v) is 15.4. The highest BCUT2D eigenvalue weighted by atomic mass is 14.4. The van der Waals surface area contributed by atoms with Gasteiger partial charge < -0.3 is 0 Å². The van der Waals surface area contributed by atoms with Gasteiger partial charge in [-0.15, -0.1) is 0 Å². The van der Waals surface area contributed by atoms with E-state index in [1.54, 1.807) is 0 Å². The molecule has 0 unspecified atom stereocenters. The minimum Gasteiger partial charge on any atom is -0.0622 e. The molecule has 0 nitrogen and oxygen atoms in total. The smallest absolute Gasteiger partial charge is 0.0159 e. The van der Waals surface area contributed by atoms with Gasteiger partial charge in [0.25, 0.3) is 0 Å². The zero-order valence-electron chi connectivity index (χ0n) is 30.3. The molecule has 0 saturated heterocycles. The van der Waals surface area contributed by atoms with Crippen molar-refractivity contribution in [2.75, 3.05) is 0 Å². The maximum Gasteiger partial charge on any atom is 0.0159 e. The Balaban J connectivity index is 1.12. The zero-order valence-corrected chi connectivity index (χ0v) is 30.3. The predicted molar refractivity (Wildman–Crippen MR) is 221 cm³/mol. The van der Waals surface area contributed by atoms with Crippen molar-refractivity contribution in [3.05, 3.63) is 225 Å². The van der Waals surface area contributed by atoms with Gasteiger partial charge in [0.2, 0.25) is 0 Å². The van der Waals surface area contributed by atoms with Gasteiger partial charge >= 0.3 is 0 Å².